The van der Waals surface area contributed by atoms with E-state index in [9.17, 15) is 0 Å². The van der Waals surface area contributed by atoms with Crippen LogP contribution in [-0.2, 0) is 0 Å². The maximum Gasteiger partial charge on any atom is 0.246 e. The van der Waals surface area contributed by atoms with E-state index in [-0.39, 0.29) is 5.28 Å². The Morgan fingerprint density at radius 2 is 2.25 bits per heavy atom. The largest absolute Gasteiger partial charge is 0.307 e. The van der Waals surface area contributed by atoms with Gasteiger partial charge < -0.3 is 5.43 Å². The van der Waals surface area contributed by atoms with Crippen LogP contribution >= 0.6 is 11.6 Å². The number of hydrazine groups is 1. The molecule has 0 aliphatic carbocycles. The van der Waals surface area contributed by atoms with E-state index in [2.05, 4.69) is 20.7 Å². The van der Waals surface area contributed by atoms with Crippen LogP contribution < -0.4 is 11.3 Å². The van der Waals surface area contributed by atoms with Gasteiger partial charge in [-0.1, -0.05) is 0 Å². The van der Waals surface area contributed by atoms with Gasteiger partial charge in [0, 0.05) is 0 Å². The molecule has 2 aromatic rings. The highest BCUT2D eigenvalue weighted by Crippen LogP contribution is 2.08. The molecule has 7 heteroatoms. The Kier molecular flexibility index (Phi) is 1.56. The molecule has 0 saturated carbocycles. The highest BCUT2D eigenvalue weighted by Gasteiger charge is 2.02. The van der Waals surface area contributed by atoms with Crippen molar-refractivity contribution in [2.24, 2.45) is 5.84 Å². The first-order chi connectivity index (χ1) is 5.81. The summed E-state index contributed by atoms with van der Waals surface area (Å²) in [4.78, 5) is 0. The fourth-order valence-corrected chi connectivity index (χ4v) is 1.00. The number of fused-ring (bicyclic) bond motifs is 1. The van der Waals surface area contributed by atoms with Crippen molar-refractivity contribution >= 4 is 23.1 Å². The first-order valence-corrected chi connectivity index (χ1v) is 3.53. The average Bonchev–Trinajstić information content (AvgIpc) is 2.47. The normalized spacial score (nSPS) is 10.5. The molecule has 0 saturated heterocycles. The second-order valence-electron chi connectivity index (χ2n) is 2.10. The minimum absolute atomic E-state index is 0.210. The Morgan fingerprint density at radius 3 is 3.00 bits per heavy atom. The first kappa shape index (κ1) is 7.26. The van der Waals surface area contributed by atoms with Gasteiger partial charge in [-0.25, -0.2) is 5.84 Å². The highest BCUT2D eigenvalue weighted by molar-refractivity contribution is 6.28. The molecule has 0 amide bonds. The van der Waals surface area contributed by atoms with Gasteiger partial charge in [-0.3, -0.25) is 0 Å². The van der Waals surface area contributed by atoms with Crippen molar-refractivity contribution < 1.29 is 0 Å². The van der Waals surface area contributed by atoms with E-state index >= 15 is 0 Å². The molecule has 0 aliphatic heterocycles. The van der Waals surface area contributed by atoms with Crippen LogP contribution in [0.25, 0.3) is 5.65 Å². The summed E-state index contributed by atoms with van der Waals surface area (Å²) < 4.78 is 1.39. The summed E-state index contributed by atoms with van der Waals surface area (Å²) in [6.07, 6.45) is 0. The maximum atomic E-state index is 5.66. The standard InChI is InChI=1S/C5H5ClN6/c6-5-10-9-4-2-1-3(8-7)11-12(4)5/h1-2H,7H2,(H,8,11). The molecule has 0 unspecified atom stereocenters. The van der Waals surface area contributed by atoms with Crippen LogP contribution in [0.1, 0.15) is 0 Å². The summed E-state index contributed by atoms with van der Waals surface area (Å²) in [6.45, 7) is 0. The van der Waals surface area contributed by atoms with Gasteiger partial charge in [0.15, 0.2) is 11.5 Å². The van der Waals surface area contributed by atoms with Crippen LogP contribution in [-0.4, -0.2) is 19.8 Å². The number of nitrogen functional groups attached to an aromatic ring is 1. The Balaban J connectivity index is 2.71. The molecule has 6 nitrogen and oxygen atoms in total. The lowest BCUT2D eigenvalue weighted by Gasteiger charge is -1.97. The van der Waals surface area contributed by atoms with Crippen LogP contribution in [0, 0.1) is 0 Å². The molecule has 2 rings (SSSR count). The van der Waals surface area contributed by atoms with Crippen LogP contribution in [0.5, 0.6) is 0 Å². The third-order valence-corrected chi connectivity index (χ3v) is 1.61. The van der Waals surface area contributed by atoms with Crippen molar-refractivity contribution in [3.05, 3.63) is 17.4 Å². The van der Waals surface area contributed by atoms with Gasteiger partial charge in [-0.05, 0) is 23.7 Å². The Hall–Kier alpha value is -1.40. The summed E-state index contributed by atoms with van der Waals surface area (Å²) in [5, 5.41) is 11.5. The SMILES string of the molecule is NNc1ccc2nnc(Cl)n2n1. The van der Waals surface area contributed by atoms with Gasteiger partial charge in [-0.2, -0.15) is 4.52 Å². The topological polar surface area (TPSA) is 81.1 Å². The molecular formula is C5H5ClN6. The van der Waals surface area contributed by atoms with Crippen LogP contribution in [0.2, 0.25) is 5.28 Å². The van der Waals surface area contributed by atoms with Gasteiger partial charge in [0.1, 0.15) is 0 Å². The lowest BCUT2D eigenvalue weighted by atomic mass is 10.5. The van der Waals surface area contributed by atoms with E-state index in [0.717, 1.165) is 0 Å². The zero-order valence-corrected chi connectivity index (χ0v) is 6.65. The van der Waals surface area contributed by atoms with Gasteiger partial charge in [0.05, 0.1) is 0 Å². The zero-order valence-electron chi connectivity index (χ0n) is 5.90. The molecule has 0 radical (unpaired) electrons. The van der Waals surface area contributed by atoms with E-state index in [1.54, 1.807) is 12.1 Å². The van der Waals surface area contributed by atoms with Crippen molar-refractivity contribution in [1.29, 1.82) is 0 Å². The van der Waals surface area contributed by atoms with Crippen molar-refractivity contribution in [3.63, 3.8) is 0 Å². The van der Waals surface area contributed by atoms with Gasteiger partial charge in [0.25, 0.3) is 0 Å². The monoisotopic (exact) mass is 184 g/mol. The number of hydrogen-bond donors (Lipinski definition) is 2. The fraction of sp³-hybridized carbons (Fsp3) is 0. The molecule has 3 N–H and O–H groups in total. The third-order valence-electron chi connectivity index (χ3n) is 1.37. The summed E-state index contributed by atoms with van der Waals surface area (Å²) >= 11 is 5.66. The smallest absolute Gasteiger partial charge is 0.246 e. The van der Waals surface area contributed by atoms with Crippen LogP contribution in [0.4, 0.5) is 5.82 Å². The number of halogens is 1. The number of nitrogens with one attached hydrogen (secondary N) is 1. The van der Waals surface area contributed by atoms with Gasteiger partial charge in [0.2, 0.25) is 5.28 Å². The van der Waals surface area contributed by atoms with Gasteiger partial charge >= 0.3 is 0 Å². The second-order valence-corrected chi connectivity index (χ2v) is 2.44. The molecule has 0 bridgehead atoms. The van der Waals surface area contributed by atoms with E-state index in [4.69, 9.17) is 17.4 Å². The molecule has 12 heavy (non-hydrogen) atoms. The number of aromatic nitrogens is 4. The Morgan fingerprint density at radius 1 is 1.42 bits per heavy atom. The molecule has 0 atom stereocenters. The minimum Gasteiger partial charge on any atom is -0.307 e. The van der Waals surface area contributed by atoms with Crippen molar-refractivity contribution in [2.45, 2.75) is 0 Å². The van der Waals surface area contributed by atoms with Crippen molar-refractivity contribution in [1.82, 2.24) is 19.8 Å². The van der Waals surface area contributed by atoms with Gasteiger partial charge in [-0.15, -0.1) is 15.3 Å². The van der Waals surface area contributed by atoms with Crippen LogP contribution in [0.15, 0.2) is 12.1 Å². The molecule has 2 aromatic heterocycles. The lowest BCUT2D eigenvalue weighted by Crippen LogP contribution is -2.10. The fourth-order valence-electron chi connectivity index (χ4n) is 0.840. The van der Waals surface area contributed by atoms with E-state index in [1.165, 1.54) is 4.52 Å². The highest BCUT2D eigenvalue weighted by atomic mass is 35.5. The number of anilines is 1. The van der Waals surface area contributed by atoms with Crippen molar-refractivity contribution in [2.75, 3.05) is 5.43 Å². The number of nitrogens with zero attached hydrogens (tertiary/aromatic N) is 4. The minimum atomic E-state index is 0.210. The summed E-state index contributed by atoms with van der Waals surface area (Å²) in [6, 6.07) is 3.39. The summed E-state index contributed by atoms with van der Waals surface area (Å²) in [7, 11) is 0. The predicted molar refractivity (Wildman–Crippen MR) is 43.6 cm³/mol. The van der Waals surface area contributed by atoms with E-state index in [1.807, 2.05) is 0 Å². The number of hydrogen-bond acceptors (Lipinski definition) is 5. The molecule has 0 spiro atoms. The lowest BCUT2D eigenvalue weighted by molar-refractivity contribution is 0.925. The molecular weight excluding hydrogens is 180 g/mol. The molecule has 2 heterocycles. The molecule has 0 aliphatic rings. The van der Waals surface area contributed by atoms with Crippen molar-refractivity contribution in [3.8, 4) is 0 Å². The predicted octanol–water partition coefficient (Wildman–Crippen LogP) is 0.0633. The Bertz CT molecular complexity index is 409. The quantitative estimate of drug-likeness (QED) is 0.484. The molecule has 0 aromatic carbocycles. The third kappa shape index (κ3) is 0.973. The summed E-state index contributed by atoms with van der Waals surface area (Å²) in [5.74, 6) is 5.65. The van der Waals surface area contributed by atoms with E-state index in [0.29, 0.717) is 11.5 Å². The zero-order chi connectivity index (χ0) is 8.55. The molecule has 0 fully saturated rings. The maximum absolute atomic E-state index is 5.66. The number of rotatable bonds is 1. The van der Waals surface area contributed by atoms with E-state index < -0.39 is 0 Å². The Labute approximate surface area is 72.3 Å². The summed E-state index contributed by atoms with van der Waals surface area (Å²) in [5.41, 5.74) is 2.97. The second kappa shape index (κ2) is 2.58. The first-order valence-electron chi connectivity index (χ1n) is 3.16. The average molecular weight is 185 g/mol. The number of nitrogens with two attached hydrogens (primary N) is 1. The van der Waals surface area contributed by atoms with Crippen LogP contribution in [0.3, 0.4) is 0 Å². The molecule has 62 valence electrons.